The maximum atomic E-state index is 11.5. The Morgan fingerprint density at radius 2 is 2.24 bits per heavy atom. The van der Waals surface area contributed by atoms with Gasteiger partial charge in [0.25, 0.3) is 0 Å². The Balaban J connectivity index is 2.63. The summed E-state index contributed by atoms with van der Waals surface area (Å²) < 4.78 is 0. The molecule has 1 N–H and O–H groups in total. The van der Waals surface area contributed by atoms with E-state index in [2.05, 4.69) is 23.5 Å². The van der Waals surface area contributed by atoms with Crippen LogP contribution < -0.4 is 5.32 Å². The summed E-state index contributed by atoms with van der Waals surface area (Å²) in [4.78, 5) is 15.7. The number of allylic oxidation sites excluding steroid dienone is 6. The van der Waals surface area contributed by atoms with Crippen molar-refractivity contribution < 1.29 is 4.79 Å². The number of hydrogen-bond acceptors (Lipinski definition) is 2. The molecule has 1 heterocycles. The van der Waals surface area contributed by atoms with Gasteiger partial charge in [0, 0.05) is 12.8 Å². The summed E-state index contributed by atoms with van der Waals surface area (Å²) in [5.41, 5.74) is 0.876. The van der Waals surface area contributed by atoms with Crippen LogP contribution in [0.15, 0.2) is 54.1 Å². The molecule has 0 aromatic rings. The molecule has 3 nitrogen and oxygen atoms in total. The summed E-state index contributed by atoms with van der Waals surface area (Å²) in [6, 6.07) is -0.254. The Labute approximate surface area is 102 Å². The predicted octanol–water partition coefficient (Wildman–Crippen LogP) is 2.19. The fraction of sp³-hybridized carbons (Fsp3) is 0.286. The van der Waals surface area contributed by atoms with E-state index in [1.54, 1.807) is 18.4 Å². The largest absolute Gasteiger partial charge is 0.354 e. The van der Waals surface area contributed by atoms with Gasteiger partial charge >= 0.3 is 0 Å². The molecule has 0 aromatic heterocycles. The molecule has 1 atom stereocenters. The van der Waals surface area contributed by atoms with E-state index in [1.165, 1.54) is 0 Å². The van der Waals surface area contributed by atoms with Gasteiger partial charge in [-0.3, -0.25) is 9.79 Å². The number of carbonyl (C=O) groups is 1. The number of nitrogens with one attached hydrogen (secondary N) is 1. The quantitative estimate of drug-likeness (QED) is 0.571. The standard InChI is InChI=1S/C14H18N2O/c1-3-5-6-8-12(4-2)11-16-13-9-7-10-15-14(13)17/h3-6,8,11,13H,1-2,7,9-10H2,(H,15,17)/b6-5-,12-8+,16-11+. The Morgan fingerprint density at radius 1 is 1.41 bits per heavy atom. The normalized spacial score (nSPS) is 21.8. The average molecular weight is 230 g/mol. The Kier molecular flexibility index (Phi) is 5.72. The van der Waals surface area contributed by atoms with E-state index in [1.807, 2.05) is 18.2 Å². The molecule has 1 aliphatic heterocycles. The fourth-order valence-electron chi connectivity index (χ4n) is 1.48. The van der Waals surface area contributed by atoms with Gasteiger partial charge < -0.3 is 5.32 Å². The summed E-state index contributed by atoms with van der Waals surface area (Å²) in [5.74, 6) is 0.0116. The van der Waals surface area contributed by atoms with Crippen LogP contribution in [0.3, 0.4) is 0 Å². The monoisotopic (exact) mass is 230 g/mol. The van der Waals surface area contributed by atoms with Crippen LogP contribution >= 0.6 is 0 Å². The first-order valence-corrected chi connectivity index (χ1v) is 5.70. The minimum absolute atomic E-state index is 0.0116. The summed E-state index contributed by atoms with van der Waals surface area (Å²) in [6.45, 7) is 8.05. The third-order valence-electron chi connectivity index (χ3n) is 2.43. The van der Waals surface area contributed by atoms with Gasteiger partial charge in [0.2, 0.25) is 5.91 Å². The van der Waals surface area contributed by atoms with Crippen molar-refractivity contribution in [2.45, 2.75) is 18.9 Å². The first-order valence-electron chi connectivity index (χ1n) is 5.70. The summed E-state index contributed by atoms with van der Waals surface area (Å²) in [6.07, 6.45) is 12.4. The molecule has 1 saturated heterocycles. The summed E-state index contributed by atoms with van der Waals surface area (Å²) in [5, 5.41) is 2.80. The lowest BCUT2D eigenvalue weighted by Crippen LogP contribution is -2.39. The van der Waals surface area contributed by atoms with Crippen molar-refractivity contribution in [3.63, 3.8) is 0 Å². The van der Waals surface area contributed by atoms with Crippen LogP contribution in [0, 0.1) is 0 Å². The van der Waals surface area contributed by atoms with E-state index >= 15 is 0 Å². The maximum absolute atomic E-state index is 11.5. The molecule has 1 fully saturated rings. The molecule has 0 saturated carbocycles. The Hall–Kier alpha value is -1.90. The number of amides is 1. The predicted molar refractivity (Wildman–Crippen MR) is 72.1 cm³/mol. The topological polar surface area (TPSA) is 41.5 Å². The zero-order chi connectivity index (χ0) is 12.5. The van der Waals surface area contributed by atoms with E-state index in [0.29, 0.717) is 0 Å². The van der Waals surface area contributed by atoms with Crippen LogP contribution in [0.25, 0.3) is 0 Å². The highest BCUT2D eigenvalue weighted by Crippen LogP contribution is 2.07. The molecule has 17 heavy (non-hydrogen) atoms. The number of carbonyl (C=O) groups excluding carboxylic acids is 1. The molecule has 1 amide bonds. The number of hydrogen-bond donors (Lipinski definition) is 1. The smallest absolute Gasteiger partial charge is 0.244 e. The first-order chi connectivity index (χ1) is 8.27. The molecule has 3 heteroatoms. The molecule has 90 valence electrons. The van der Waals surface area contributed by atoms with Crippen molar-refractivity contribution in [3.05, 3.63) is 49.1 Å². The van der Waals surface area contributed by atoms with Crippen LogP contribution in [0.5, 0.6) is 0 Å². The Morgan fingerprint density at radius 3 is 2.88 bits per heavy atom. The van der Waals surface area contributed by atoms with Gasteiger partial charge in [-0.1, -0.05) is 43.5 Å². The van der Waals surface area contributed by atoms with Crippen molar-refractivity contribution in [3.8, 4) is 0 Å². The fourth-order valence-corrected chi connectivity index (χ4v) is 1.48. The molecule has 0 radical (unpaired) electrons. The number of rotatable bonds is 5. The van der Waals surface area contributed by atoms with Gasteiger partial charge in [-0.15, -0.1) is 0 Å². The van der Waals surface area contributed by atoms with Crippen LogP contribution in [0.1, 0.15) is 12.8 Å². The third-order valence-corrected chi connectivity index (χ3v) is 2.43. The van der Waals surface area contributed by atoms with E-state index in [-0.39, 0.29) is 11.9 Å². The minimum Gasteiger partial charge on any atom is -0.354 e. The maximum Gasteiger partial charge on any atom is 0.244 e. The van der Waals surface area contributed by atoms with Crippen molar-refractivity contribution in [2.24, 2.45) is 4.99 Å². The molecule has 1 rings (SSSR count). The van der Waals surface area contributed by atoms with Gasteiger partial charge in [0.05, 0.1) is 0 Å². The minimum atomic E-state index is -0.254. The molecular weight excluding hydrogens is 212 g/mol. The second-order valence-corrected chi connectivity index (χ2v) is 3.72. The van der Waals surface area contributed by atoms with Crippen molar-refractivity contribution in [2.75, 3.05) is 6.54 Å². The highest BCUT2D eigenvalue weighted by atomic mass is 16.2. The Bertz CT molecular complexity index is 378. The van der Waals surface area contributed by atoms with Crippen LogP contribution in [-0.2, 0) is 4.79 Å². The van der Waals surface area contributed by atoms with Gasteiger partial charge in [-0.25, -0.2) is 0 Å². The molecule has 1 aliphatic rings. The molecular formula is C14H18N2O. The highest BCUT2D eigenvalue weighted by molar-refractivity contribution is 5.88. The van der Waals surface area contributed by atoms with Gasteiger partial charge in [0.15, 0.2) is 0 Å². The zero-order valence-electron chi connectivity index (χ0n) is 9.93. The third kappa shape index (κ3) is 4.64. The van der Waals surface area contributed by atoms with Crippen molar-refractivity contribution >= 4 is 12.1 Å². The van der Waals surface area contributed by atoms with E-state index in [9.17, 15) is 4.79 Å². The van der Waals surface area contributed by atoms with Gasteiger partial charge in [-0.2, -0.15) is 0 Å². The van der Waals surface area contributed by atoms with Crippen molar-refractivity contribution in [1.29, 1.82) is 0 Å². The summed E-state index contributed by atoms with van der Waals surface area (Å²) >= 11 is 0. The molecule has 0 aliphatic carbocycles. The molecule has 0 spiro atoms. The number of nitrogens with zero attached hydrogens (tertiary/aromatic N) is 1. The first kappa shape index (κ1) is 13.2. The van der Waals surface area contributed by atoms with Crippen LogP contribution in [0.4, 0.5) is 0 Å². The molecule has 0 aromatic carbocycles. The van der Waals surface area contributed by atoms with E-state index < -0.39 is 0 Å². The summed E-state index contributed by atoms with van der Waals surface area (Å²) in [7, 11) is 0. The molecule has 0 bridgehead atoms. The zero-order valence-corrected chi connectivity index (χ0v) is 9.93. The van der Waals surface area contributed by atoms with Crippen LogP contribution in [0.2, 0.25) is 0 Å². The van der Waals surface area contributed by atoms with E-state index in [4.69, 9.17) is 0 Å². The number of piperidine rings is 1. The lowest BCUT2D eigenvalue weighted by molar-refractivity contribution is -0.123. The van der Waals surface area contributed by atoms with Crippen LogP contribution in [-0.4, -0.2) is 24.7 Å². The SMILES string of the molecule is C=C\C=C/C=C(C=C)/C=N/C1CCCNC1=O. The molecule has 1 unspecified atom stereocenters. The lowest BCUT2D eigenvalue weighted by Gasteiger charge is -2.17. The number of aliphatic imine (C=N–C) groups is 1. The lowest BCUT2D eigenvalue weighted by atomic mass is 10.1. The van der Waals surface area contributed by atoms with Gasteiger partial charge in [0.1, 0.15) is 6.04 Å². The van der Waals surface area contributed by atoms with Gasteiger partial charge in [-0.05, 0) is 18.4 Å². The van der Waals surface area contributed by atoms with E-state index in [0.717, 1.165) is 25.0 Å². The second kappa shape index (κ2) is 7.39. The highest BCUT2D eigenvalue weighted by Gasteiger charge is 2.19. The van der Waals surface area contributed by atoms with Crippen molar-refractivity contribution in [1.82, 2.24) is 5.32 Å². The second-order valence-electron chi connectivity index (χ2n) is 3.72. The average Bonchev–Trinajstić information content (AvgIpc) is 2.35.